The number of imidazole rings is 1. The Morgan fingerprint density at radius 1 is 1.19 bits per heavy atom. The number of nitrogens with zero attached hydrogens (tertiary/aromatic N) is 2. The fourth-order valence-electron chi connectivity index (χ4n) is 3.14. The number of benzene rings is 2. The number of nitrogens with one attached hydrogen (secondary N) is 1. The summed E-state index contributed by atoms with van der Waals surface area (Å²) in [6.45, 7) is 1.97. The van der Waals surface area contributed by atoms with Crippen molar-refractivity contribution in [1.29, 1.82) is 0 Å². The highest BCUT2D eigenvalue weighted by atomic mass is 35.5. The van der Waals surface area contributed by atoms with Gasteiger partial charge < -0.3 is 9.30 Å². The van der Waals surface area contributed by atoms with Crippen LogP contribution >= 0.6 is 35.0 Å². The molecule has 1 saturated heterocycles. The highest BCUT2D eigenvalue weighted by Crippen LogP contribution is 2.32. The molecule has 0 bridgehead atoms. The fraction of sp³-hybridized carbons (Fsp3) is 0.143. The van der Waals surface area contributed by atoms with Crippen molar-refractivity contribution in [2.45, 2.75) is 13.5 Å². The molecule has 1 fully saturated rings. The minimum Gasteiger partial charge on any atom is -0.465 e. The lowest BCUT2D eigenvalue weighted by molar-refractivity contribution is -0.143. The van der Waals surface area contributed by atoms with E-state index in [4.69, 9.17) is 27.9 Å². The third-order valence-corrected chi connectivity index (χ3v) is 6.02. The summed E-state index contributed by atoms with van der Waals surface area (Å²) in [5, 5.41) is 2.55. The van der Waals surface area contributed by atoms with Gasteiger partial charge in [0.05, 0.1) is 32.6 Å². The van der Waals surface area contributed by atoms with Crippen molar-refractivity contribution in [3.63, 3.8) is 0 Å². The standard InChI is InChI=1S/C21H15Cl2N3O4S/c1-2-30-18(27)10-26-16-9-14(23)13(22)8-15(16)24-19(26)12-5-3-11(4-6-12)7-17-20(28)25-21(29)31-17/h3-9H,2,10H2,1H3,(H,25,28,29). The minimum atomic E-state index is -0.413. The van der Waals surface area contributed by atoms with Gasteiger partial charge in [-0.1, -0.05) is 47.5 Å². The minimum absolute atomic E-state index is 0.0393. The van der Waals surface area contributed by atoms with E-state index >= 15 is 0 Å². The Kier molecular flexibility index (Phi) is 6.04. The molecule has 10 heteroatoms. The van der Waals surface area contributed by atoms with E-state index in [1.807, 2.05) is 12.1 Å². The molecule has 2 amide bonds. The van der Waals surface area contributed by atoms with Gasteiger partial charge in [-0.15, -0.1) is 0 Å². The second kappa shape index (κ2) is 8.74. The molecular formula is C21H15Cl2N3O4S. The average molecular weight is 476 g/mol. The Morgan fingerprint density at radius 3 is 2.55 bits per heavy atom. The van der Waals surface area contributed by atoms with E-state index < -0.39 is 17.1 Å². The Labute approximate surface area is 191 Å². The van der Waals surface area contributed by atoms with Crippen molar-refractivity contribution in [3.05, 3.63) is 56.9 Å². The number of aromatic nitrogens is 2. The summed E-state index contributed by atoms with van der Waals surface area (Å²) < 4.78 is 6.82. The second-order valence-electron chi connectivity index (χ2n) is 6.56. The molecule has 1 N–H and O–H groups in total. The van der Waals surface area contributed by atoms with Crippen molar-refractivity contribution >= 4 is 69.2 Å². The molecule has 4 rings (SSSR count). The number of hydrogen-bond acceptors (Lipinski definition) is 6. The largest absolute Gasteiger partial charge is 0.465 e. The van der Waals surface area contributed by atoms with Crippen LogP contribution in [0.25, 0.3) is 28.5 Å². The zero-order valence-corrected chi connectivity index (χ0v) is 18.5. The molecule has 31 heavy (non-hydrogen) atoms. The summed E-state index contributed by atoms with van der Waals surface area (Å²) in [6, 6.07) is 10.5. The highest BCUT2D eigenvalue weighted by Gasteiger charge is 2.25. The van der Waals surface area contributed by atoms with E-state index in [9.17, 15) is 14.4 Å². The number of fused-ring (bicyclic) bond motifs is 1. The predicted octanol–water partition coefficient (Wildman–Crippen LogP) is 4.90. The number of imide groups is 1. The third-order valence-electron chi connectivity index (χ3n) is 4.49. The maximum atomic E-state index is 12.2. The van der Waals surface area contributed by atoms with Gasteiger partial charge in [-0.2, -0.15) is 0 Å². The number of hydrogen-bond donors (Lipinski definition) is 1. The second-order valence-corrected chi connectivity index (χ2v) is 8.38. The Balaban J connectivity index is 1.74. The molecule has 3 aromatic rings. The molecule has 1 aliphatic rings. The number of rotatable bonds is 5. The Morgan fingerprint density at radius 2 is 1.90 bits per heavy atom. The first kappa shape index (κ1) is 21.4. The summed E-state index contributed by atoms with van der Waals surface area (Å²) in [5.74, 6) is -0.266. The van der Waals surface area contributed by atoms with Gasteiger partial charge in [0.2, 0.25) is 0 Å². The summed E-state index contributed by atoms with van der Waals surface area (Å²) in [6.07, 6.45) is 1.63. The Bertz CT molecular complexity index is 1250. The zero-order valence-electron chi connectivity index (χ0n) is 16.1. The number of ether oxygens (including phenoxy) is 1. The van der Waals surface area contributed by atoms with E-state index in [-0.39, 0.29) is 13.2 Å². The topological polar surface area (TPSA) is 90.3 Å². The van der Waals surface area contributed by atoms with E-state index in [0.29, 0.717) is 31.8 Å². The quantitative estimate of drug-likeness (QED) is 0.416. The van der Waals surface area contributed by atoms with Gasteiger partial charge in [-0.05, 0) is 42.5 Å². The van der Waals surface area contributed by atoms with E-state index in [1.165, 1.54) is 0 Å². The van der Waals surface area contributed by atoms with Gasteiger partial charge in [0.1, 0.15) is 12.4 Å². The number of thioether (sulfide) groups is 1. The molecule has 0 spiro atoms. The van der Waals surface area contributed by atoms with Gasteiger partial charge in [0, 0.05) is 5.56 Å². The first-order chi connectivity index (χ1) is 14.9. The number of carbonyl (C=O) groups excluding carboxylic acids is 3. The predicted molar refractivity (Wildman–Crippen MR) is 121 cm³/mol. The molecule has 7 nitrogen and oxygen atoms in total. The van der Waals surface area contributed by atoms with E-state index in [0.717, 1.165) is 22.9 Å². The molecule has 0 aliphatic carbocycles. The lowest BCUT2D eigenvalue weighted by atomic mass is 10.1. The van der Waals surface area contributed by atoms with Gasteiger partial charge in [-0.3, -0.25) is 19.7 Å². The van der Waals surface area contributed by atoms with Crippen molar-refractivity contribution in [2.75, 3.05) is 6.61 Å². The molecule has 0 radical (unpaired) electrons. The average Bonchev–Trinajstić information content (AvgIpc) is 3.22. The van der Waals surface area contributed by atoms with Gasteiger partial charge in [-0.25, -0.2) is 4.98 Å². The van der Waals surface area contributed by atoms with Crippen LogP contribution in [0.15, 0.2) is 41.3 Å². The monoisotopic (exact) mass is 475 g/mol. The van der Waals surface area contributed by atoms with Crippen molar-refractivity contribution in [3.8, 4) is 11.4 Å². The summed E-state index contributed by atoms with van der Waals surface area (Å²) in [5.41, 5.74) is 2.74. The van der Waals surface area contributed by atoms with Gasteiger partial charge in [0.15, 0.2) is 0 Å². The first-order valence-electron chi connectivity index (χ1n) is 9.22. The maximum absolute atomic E-state index is 12.2. The van der Waals surface area contributed by atoms with Crippen LogP contribution in [0.4, 0.5) is 4.79 Å². The molecule has 2 aromatic carbocycles. The summed E-state index contributed by atoms with van der Waals surface area (Å²) >= 11 is 13.2. The Hall–Kier alpha value is -2.81. The molecule has 0 atom stereocenters. The number of esters is 1. The van der Waals surface area contributed by atoms with Crippen molar-refractivity contribution in [2.24, 2.45) is 0 Å². The van der Waals surface area contributed by atoms with Crippen LogP contribution in [0.1, 0.15) is 12.5 Å². The van der Waals surface area contributed by atoms with Crippen LogP contribution in [-0.2, 0) is 20.9 Å². The molecule has 1 aliphatic heterocycles. The number of amides is 2. The van der Waals surface area contributed by atoms with Crippen molar-refractivity contribution < 1.29 is 19.1 Å². The van der Waals surface area contributed by atoms with Crippen molar-refractivity contribution in [1.82, 2.24) is 14.9 Å². The van der Waals surface area contributed by atoms with E-state index in [1.54, 1.807) is 41.8 Å². The lowest BCUT2D eigenvalue weighted by Crippen LogP contribution is -2.17. The summed E-state index contributed by atoms with van der Waals surface area (Å²) in [4.78, 5) is 40.2. The molecule has 158 valence electrons. The third kappa shape index (κ3) is 4.46. The van der Waals surface area contributed by atoms with Gasteiger partial charge in [0.25, 0.3) is 11.1 Å². The SMILES string of the molecule is CCOC(=O)Cn1c(-c2ccc(C=C3SC(=O)NC3=O)cc2)nc2cc(Cl)c(Cl)cc21. The molecular weight excluding hydrogens is 461 g/mol. The van der Waals surface area contributed by atoms with E-state index in [2.05, 4.69) is 10.3 Å². The van der Waals surface area contributed by atoms with Crippen LogP contribution in [0.5, 0.6) is 0 Å². The van der Waals surface area contributed by atoms with Crippen LogP contribution in [0.2, 0.25) is 10.0 Å². The van der Waals surface area contributed by atoms with Crippen LogP contribution in [0.3, 0.4) is 0 Å². The number of carbonyl (C=O) groups is 3. The molecule has 2 heterocycles. The van der Waals surface area contributed by atoms with Gasteiger partial charge >= 0.3 is 5.97 Å². The number of halogens is 2. The van der Waals surface area contributed by atoms with Crippen LogP contribution < -0.4 is 5.32 Å². The summed E-state index contributed by atoms with van der Waals surface area (Å²) in [7, 11) is 0. The normalized spacial score (nSPS) is 15.0. The first-order valence-corrected chi connectivity index (χ1v) is 10.8. The molecule has 1 aromatic heterocycles. The maximum Gasteiger partial charge on any atom is 0.326 e. The smallest absolute Gasteiger partial charge is 0.326 e. The van der Waals surface area contributed by atoms with Crippen LogP contribution in [-0.4, -0.2) is 33.3 Å². The zero-order chi connectivity index (χ0) is 22.1. The fourth-order valence-corrected chi connectivity index (χ4v) is 4.14. The molecule has 0 saturated carbocycles. The lowest BCUT2D eigenvalue weighted by Gasteiger charge is -2.09. The van der Waals surface area contributed by atoms with Crippen LogP contribution in [0, 0.1) is 0 Å². The highest BCUT2D eigenvalue weighted by molar-refractivity contribution is 8.18. The molecule has 0 unspecified atom stereocenters.